The first kappa shape index (κ1) is 6.50. The largest absolute Gasteiger partial charge is 0.366 e. The molecule has 0 aliphatic heterocycles. The van der Waals surface area contributed by atoms with Gasteiger partial charge in [0.05, 0.1) is 0 Å². The van der Waals surface area contributed by atoms with Crippen LogP contribution in [0, 0.1) is 0 Å². The van der Waals surface area contributed by atoms with E-state index in [1.54, 1.807) is 0 Å². The summed E-state index contributed by atoms with van der Waals surface area (Å²) in [6.07, 6.45) is -1.62. The molecular weight excluding hydrogens is 127 g/mol. The molecule has 0 atom stereocenters. The molecule has 0 aliphatic carbocycles. The normalized spacial score (nSPS) is 11.0. The fraction of sp³-hybridized carbons (Fsp3) is 1.00. The van der Waals surface area contributed by atoms with Gasteiger partial charge in [-0.2, -0.15) is 0 Å². The minimum atomic E-state index is -1.62. The Kier molecular flexibility index (Phi) is 2.86. The Hall–Kier alpha value is 0.500. The Balaban J connectivity index is 2.99. The van der Waals surface area contributed by atoms with E-state index in [-0.39, 0.29) is 0 Å². The monoisotopic (exact) mass is 130 g/mol. The summed E-state index contributed by atoms with van der Waals surface area (Å²) in [5, 5.41) is 15.8. The van der Waals surface area contributed by atoms with Crippen molar-refractivity contribution in [3.63, 3.8) is 0 Å². The minimum absolute atomic E-state index is 1.09. The van der Waals surface area contributed by atoms with Crippen molar-refractivity contribution in [1.29, 1.82) is 0 Å². The molecule has 0 rings (SSSR count). The predicted molar refractivity (Wildman–Crippen MR) is 23.7 cm³/mol. The predicted octanol–water partition coefficient (Wildman–Crippen LogP) is 0.101. The Morgan fingerprint density at radius 2 is 1.33 bits per heavy atom. The molecule has 38 valence electrons. The molecule has 0 amide bonds. The van der Waals surface area contributed by atoms with Gasteiger partial charge in [0.25, 0.3) is 0 Å². The average Bonchev–Trinajstić information content (AvgIpc) is 1.36. The maximum Gasteiger partial charge on any atom is 0.182 e. The highest BCUT2D eigenvalue weighted by Crippen LogP contribution is 2.03. The van der Waals surface area contributed by atoms with Crippen LogP contribution in [0.2, 0.25) is 0 Å². The van der Waals surface area contributed by atoms with E-state index in [9.17, 15) is 0 Å². The van der Waals surface area contributed by atoms with Gasteiger partial charge in [-0.25, -0.2) is 0 Å². The van der Waals surface area contributed by atoms with Crippen LogP contribution in [0.15, 0.2) is 0 Å². The van der Waals surface area contributed by atoms with Crippen LogP contribution in [-0.2, 0) is 0 Å². The van der Waals surface area contributed by atoms with Crippen LogP contribution in [0.25, 0.3) is 0 Å². The van der Waals surface area contributed by atoms with Crippen molar-refractivity contribution < 1.29 is 10.2 Å². The van der Waals surface area contributed by atoms with Crippen LogP contribution in [0.1, 0.15) is 0 Å². The summed E-state index contributed by atoms with van der Waals surface area (Å²) in [4.78, 5) is -1.09. The number of rotatable bonds is 1. The van der Waals surface area contributed by atoms with Crippen molar-refractivity contribution >= 4 is 23.2 Å². The summed E-state index contributed by atoms with van der Waals surface area (Å²) in [6.45, 7) is 0. The van der Waals surface area contributed by atoms with Crippen molar-refractivity contribution in [3.8, 4) is 0 Å². The highest BCUT2D eigenvalue weighted by molar-refractivity contribution is 6.44. The van der Waals surface area contributed by atoms with Gasteiger partial charge in [-0.3, -0.25) is 0 Å². The fourth-order valence-electron chi connectivity index (χ4n) is 0. The van der Waals surface area contributed by atoms with Crippen LogP contribution in [0.3, 0.4) is 0 Å². The van der Waals surface area contributed by atoms with Gasteiger partial charge in [0.1, 0.15) is 0 Å². The van der Waals surface area contributed by atoms with Gasteiger partial charge in [0.15, 0.2) is 11.1 Å². The SMILES string of the molecule is OC(O)C(Cl)Cl. The van der Waals surface area contributed by atoms with Gasteiger partial charge < -0.3 is 10.2 Å². The highest BCUT2D eigenvalue weighted by Gasteiger charge is 2.05. The molecule has 0 saturated heterocycles. The van der Waals surface area contributed by atoms with Crippen LogP contribution < -0.4 is 0 Å². The lowest BCUT2D eigenvalue weighted by atomic mass is 10.8. The topological polar surface area (TPSA) is 40.5 Å². The minimum Gasteiger partial charge on any atom is -0.366 e. The maximum absolute atomic E-state index is 7.92. The Labute approximate surface area is 45.3 Å². The zero-order valence-electron chi connectivity index (χ0n) is 2.81. The Morgan fingerprint density at radius 3 is 1.33 bits per heavy atom. The van der Waals surface area contributed by atoms with Crippen molar-refractivity contribution in [2.24, 2.45) is 0 Å². The van der Waals surface area contributed by atoms with Crippen molar-refractivity contribution in [2.45, 2.75) is 11.1 Å². The molecule has 0 aromatic rings. The van der Waals surface area contributed by atoms with E-state index in [4.69, 9.17) is 33.4 Å². The molecule has 0 radical (unpaired) electrons. The van der Waals surface area contributed by atoms with Gasteiger partial charge in [0, 0.05) is 0 Å². The molecule has 0 spiro atoms. The summed E-state index contributed by atoms with van der Waals surface area (Å²) < 4.78 is 0. The van der Waals surface area contributed by atoms with E-state index in [1.165, 1.54) is 0 Å². The number of aliphatic hydroxyl groups excluding tert-OH is 1. The molecule has 2 N–H and O–H groups in total. The smallest absolute Gasteiger partial charge is 0.182 e. The van der Waals surface area contributed by atoms with E-state index in [2.05, 4.69) is 0 Å². The van der Waals surface area contributed by atoms with Gasteiger partial charge in [0.2, 0.25) is 0 Å². The van der Waals surface area contributed by atoms with E-state index in [1.807, 2.05) is 0 Å². The van der Waals surface area contributed by atoms with Gasteiger partial charge in [-0.1, -0.05) is 23.2 Å². The molecule has 4 heteroatoms. The third-order valence-electron chi connectivity index (χ3n) is 0.225. The van der Waals surface area contributed by atoms with E-state index in [0.717, 1.165) is 0 Å². The van der Waals surface area contributed by atoms with E-state index < -0.39 is 11.1 Å². The number of hydrogen-bond acceptors (Lipinski definition) is 2. The first-order valence-electron chi connectivity index (χ1n) is 1.29. The molecule has 6 heavy (non-hydrogen) atoms. The molecule has 0 aromatic carbocycles. The Bertz CT molecular complexity index is 30.5. The van der Waals surface area contributed by atoms with Gasteiger partial charge >= 0.3 is 0 Å². The standard InChI is InChI=1S/C2H4Cl2O2/c3-1(4)2(5)6/h1-2,5-6H. The molecule has 2 nitrogen and oxygen atoms in total. The lowest BCUT2D eigenvalue weighted by Gasteiger charge is -1.98. The van der Waals surface area contributed by atoms with Crippen LogP contribution in [-0.4, -0.2) is 21.3 Å². The lowest BCUT2D eigenvalue weighted by molar-refractivity contribution is -0.0275. The second-order valence-electron chi connectivity index (χ2n) is 0.748. The molecule has 0 aliphatic rings. The third-order valence-corrected chi connectivity index (χ3v) is 0.676. The maximum atomic E-state index is 7.92. The molecule has 0 saturated carbocycles. The summed E-state index contributed by atoms with van der Waals surface area (Å²) in [6, 6.07) is 0. The zero-order chi connectivity index (χ0) is 5.15. The van der Waals surface area contributed by atoms with E-state index in [0.29, 0.717) is 0 Å². The number of hydrogen-bond donors (Lipinski definition) is 2. The highest BCUT2D eigenvalue weighted by atomic mass is 35.5. The molecular formula is C2H4Cl2O2. The molecule has 0 heterocycles. The molecule has 0 unspecified atom stereocenters. The van der Waals surface area contributed by atoms with Gasteiger partial charge in [-0.05, 0) is 0 Å². The van der Waals surface area contributed by atoms with Gasteiger partial charge in [-0.15, -0.1) is 0 Å². The molecule has 0 aromatic heterocycles. The second-order valence-corrected chi connectivity index (χ2v) is 1.91. The summed E-state index contributed by atoms with van der Waals surface area (Å²) in [5.41, 5.74) is 0. The fourth-order valence-corrected chi connectivity index (χ4v) is 0. The van der Waals surface area contributed by atoms with Crippen molar-refractivity contribution in [3.05, 3.63) is 0 Å². The second kappa shape index (κ2) is 2.64. The van der Waals surface area contributed by atoms with E-state index >= 15 is 0 Å². The average molecular weight is 131 g/mol. The number of halogens is 2. The number of aliphatic hydroxyl groups is 2. The Morgan fingerprint density at radius 1 is 1.17 bits per heavy atom. The summed E-state index contributed by atoms with van der Waals surface area (Å²) in [7, 11) is 0. The first-order chi connectivity index (χ1) is 2.64. The third kappa shape index (κ3) is 2.72. The summed E-state index contributed by atoms with van der Waals surface area (Å²) >= 11 is 9.76. The first-order valence-corrected chi connectivity index (χ1v) is 2.16. The lowest BCUT2D eigenvalue weighted by Crippen LogP contribution is -2.12. The number of alkyl halides is 2. The quantitative estimate of drug-likeness (QED) is 0.391. The van der Waals surface area contributed by atoms with Crippen molar-refractivity contribution in [1.82, 2.24) is 0 Å². The molecule has 0 bridgehead atoms. The van der Waals surface area contributed by atoms with Crippen LogP contribution in [0.5, 0.6) is 0 Å². The molecule has 0 fully saturated rings. The summed E-state index contributed by atoms with van der Waals surface area (Å²) in [5.74, 6) is 0. The zero-order valence-corrected chi connectivity index (χ0v) is 4.32. The van der Waals surface area contributed by atoms with Crippen LogP contribution >= 0.6 is 23.2 Å². The van der Waals surface area contributed by atoms with Crippen molar-refractivity contribution in [2.75, 3.05) is 0 Å². The van der Waals surface area contributed by atoms with Crippen LogP contribution in [0.4, 0.5) is 0 Å².